The Morgan fingerprint density at radius 3 is 2.44 bits per heavy atom. The number of benzene rings is 2. The van der Waals surface area contributed by atoms with Crippen molar-refractivity contribution < 1.29 is 4.39 Å². The van der Waals surface area contributed by atoms with Gasteiger partial charge in [0.25, 0.3) is 0 Å². The van der Waals surface area contributed by atoms with Crippen molar-refractivity contribution in [1.82, 2.24) is 0 Å². The van der Waals surface area contributed by atoms with E-state index in [4.69, 9.17) is 23.2 Å². The van der Waals surface area contributed by atoms with Crippen molar-refractivity contribution in [3.8, 4) is 11.1 Å². The first-order valence-corrected chi connectivity index (χ1v) is 5.55. The van der Waals surface area contributed by atoms with Crippen LogP contribution in [0.5, 0.6) is 0 Å². The SMILES string of the molecule is Cc1ccc(Cl)c(-c2c(F)cccc2Cl)c1. The number of aryl methyl sites for hydroxylation is 1. The molecule has 0 aromatic heterocycles. The largest absolute Gasteiger partial charge is 0.206 e. The molecule has 0 N–H and O–H groups in total. The highest BCUT2D eigenvalue weighted by atomic mass is 35.5. The summed E-state index contributed by atoms with van der Waals surface area (Å²) >= 11 is 12.0. The van der Waals surface area contributed by atoms with E-state index in [0.717, 1.165) is 5.56 Å². The Morgan fingerprint density at radius 2 is 1.75 bits per heavy atom. The lowest BCUT2D eigenvalue weighted by Crippen LogP contribution is -1.87. The standard InChI is InChI=1S/C13H9Cl2F/c1-8-5-6-10(14)9(7-8)13-11(15)3-2-4-12(13)16/h2-7H,1H3. The molecule has 0 nitrogen and oxygen atoms in total. The van der Waals surface area contributed by atoms with E-state index in [1.165, 1.54) is 6.07 Å². The van der Waals surface area contributed by atoms with E-state index in [9.17, 15) is 4.39 Å². The predicted molar refractivity (Wildman–Crippen MR) is 66.6 cm³/mol. The average molecular weight is 255 g/mol. The molecule has 2 aromatic carbocycles. The van der Waals surface area contributed by atoms with Gasteiger partial charge in [0.2, 0.25) is 0 Å². The molecular formula is C13H9Cl2F. The minimum atomic E-state index is -0.361. The zero-order chi connectivity index (χ0) is 11.7. The quantitative estimate of drug-likeness (QED) is 0.664. The summed E-state index contributed by atoms with van der Waals surface area (Å²) in [4.78, 5) is 0. The monoisotopic (exact) mass is 254 g/mol. The summed E-state index contributed by atoms with van der Waals surface area (Å²) in [5.74, 6) is -0.361. The molecule has 82 valence electrons. The first kappa shape index (κ1) is 11.4. The molecule has 0 saturated heterocycles. The van der Waals surface area contributed by atoms with Crippen LogP contribution in [0.1, 0.15) is 5.56 Å². The van der Waals surface area contributed by atoms with Crippen molar-refractivity contribution >= 4 is 23.2 Å². The lowest BCUT2D eigenvalue weighted by molar-refractivity contribution is 0.631. The number of halogens is 3. The summed E-state index contributed by atoms with van der Waals surface area (Å²) in [7, 11) is 0. The highest BCUT2D eigenvalue weighted by Crippen LogP contribution is 2.35. The van der Waals surface area contributed by atoms with Gasteiger partial charge in [-0.15, -0.1) is 0 Å². The van der Waals surface area contributed by atoms with Gasteiger partial charge in [0.1, 0.15) is 5.82 Å². The third-order valence-electron chi connectivity index (χ3n) is 2.35. The fourth-order valence-electron chi connectivity index (χ4n) is 1.59. The van der Waals surface area contributed by atoms with Crippen LogP contribution in [0, 0.1) is 12.7 Å². The Kier molecular flexibility index (Phi) is 3.17. The van der Waals surface area contributed by atoms with Gasteiger partial charge in [-0.1, -0.05) is 40.9 Å². The minimum absolute atomic E-state index is 0.359. The molecule has 0 radical (unpaired) electrons. The Balaban J connectivity index is 2.72. The van der Waals surface area contributed by atoms with Crippen LogP contribution in [0.2, 0.25) is 10.0 Å². The van der Waals surface area contributed by atoms with Crippen molar-refractivity contribution in [3.63, 3.8) is 0 Å². The lowest BCUT2D eigenvalue weighted by Gasteiger charge is -2.09. The third kappa shape index (κ3) is 2.06. The van der Waals surface area contributed by atoms with Crippen LogP contribution in [-0.2, 0) is 0 Å². The molecular weight excluding hydrogens is 246 g/mol. The number of hydrogen-bond acceptors (Lipinski definition) is 0. The Labute approximate surface area is 104 Å². The maximum Gasteiger partial charge on any atom is 0.132 e. The molecule has 3 heteroatoms. The summed E-state index contributed by atoms with van der Waals surface area (Å²) < 4.78 is 13.7. The smallest absolute Gasteiger partial charge is 0.132 e. The molecule has 0 aliphatic heterocycles. The molecule has 0 heterocycles. The van der Waals surface area contributed by atoms with Crippen LogP contribution in [0.15, 0.2) is 36.4 Å². The van der Waals surface area contributed by atoms with Crippen molar-refractivity contribution in [1.29, 1.82) is 0 Å². The molecule has 16 heavy (non-hydrogen) atoms. The molecule has 0 amide bonds. The zero-order valence-electron chi connectivity index (χ0n) is 8.60. The van der Waals surface area contributed by atoms with Gasteiger partial charge in [0.15, 0.2) is 0 Å². The van der Waals surface area contributed by atoms with Crippen molar-refractivity contribution in [3.05, 3.63) is 57.8 Å². The summed E-state index contributed by atoms with van der Waals surface area (Å²) in [5, 5.41) is 0.866. The van der Waals surface area contributed by atoms with Gasteiger partial charge in [-0.25, -0.2) is 4.39 Å². The maximum absolute atomic E-state index is 13.7. The highest BCUT2D eigenvalue weighted by molar-refractivity contribution is 6.36. The van der Waals surface area contributed by atoms with Gasteiger partial charge in [0, 0.05) is 16.1 Å². The van der Waals surface area contributed by atoms with Crippen LogP contribution < -0.4 is 0 Å². The fourth-order valence-corrected chi connectivity index (χ4v) is 2.06. The second-order valence-electron chi connectivity index (χ2n) is 3.58. The topological polar surface area (TPSA) is 0 Å². The molecule has 0 unspecified atom stereocenters. The van der Waals surface area contributed by atoms with E-state index >= 15 is 0 Å². The van der Waals surface area contributed by atoms with E-state index in [-0.39, 0.29) is 5.82 Å². The van der Waals surface area contributed by atoms with Crippen LogP contribution >= 0.6 is 23.2 Å². The maximum atomic E-state index is 13.7. The number of rotatable bonds is 1. The highest BCUT2D eigenvalue weighted by Gasteiger charge is 2.12. The van der Waals surface area contributed by atoms with Crippen molar-refractivity contribution in [2.24, 2.45) is 0 Å². The molecule has 0 aliphatic carbocycles. The summed E-state index contributed by atoms with van der Waals surface area (Å²) in [5.41, 5.74) is 2.00. The summed E-state index contributed by atoms with van der Waals surface area (Å²) in [6, 6.07) is 10.0. The van der Waals surface area contributed by atoms with E-state index < -0.39 is 0 Å². The van der Waals surface area contributed by atoms with Crippen LogP contribution in [0.25, 0.3) is 11.1 Å². The van der Waals surface area contributed by atoms with Crippen molar-refractivity contribution in [2.45, 2.75) is 6.92 Å². The van der Waals surface area contributed by atoms with Crippen LogP contribution in [-0.4, -0.2) is 0 Å². The zero-order valence-corrected chi connectivity index (χ0v) is 10.1. The fraction of sp³-hybridized carbons (Fsp3) is 0.0769. The first-order chi connectivity index (χ1) is 7.59. The molecule has 0 atom stereocenters. The van der Waals surface area contributed by atoms with Gasteiger partial charge < -0.3 is 0 Å². The van der Waals surface area contributed by atoms with Gasteiger partial charge >= 0.3 is 0 Å². The van der Waals surface area contributed by atoms with Gasteiger partial charge in [0.05, 0.1) is 5.02 Å². The van der Waals surface area contributed by atoms with E-state index in [1.807, 2.05) is 19.1 Å². The molecule has 2 rings (SSSR count). The average Bonchev–Trinajstić information content (AvgIpc) is 2.23. The minimum Gasteiger partial charge on any atom is -0.206 e. The molecule has 0 spiro atoms. The van der Waals surface area contributed by atoms with E-state index in [0.29, 0.717) is 21.2 Å². The summed E-state index contributed by atoms with van der Waals surface area (Å²) in [6.45, 7) is 1.93. The second kappa shape index (κ2) is 4.44. The normalized spacial score (nSPS) is 10.5. The molecule has 0 fully saturated rings. The van der Waals surface area contributed by atoms with Gasteiger partial charge in [-0.3, -0.25) is 0 Å². The van der Waals surface area contributed by atoms with Crippen LogP contribution in [0.4, 0.5) is 4.39 Å². The Bertz CT molecular complexity index is 515. The van der Waals surface area contributed by atoms with Crippen LogP contribution in [0.3, 0.4) is 0 Å². The Hall–Kier alpha value is -1.05. The molecule has 0 aliphatic rings. The Morgan fingerprint density at radius 1 is 1.00 bits per heavy atom. The van der Waals surface area contributed by atoms with E-state index in [2.05, 4.69) is 0 Å². The first-order valence-electron chi connectivity index (χ1n) is 4.80. The number of hydrogen-bond donors (Lipinski definition) is 0. The molecule has 2 aromatic rings. The van der Waals surface area contributed by atoms with Gasteiger partial charge in [-0.2, -0.15) is 0 Å². The lowest BCUT2D eigenvalue weighted by atomic mass is 10.0. The second-order valence-corrected chi connectivity index (χ2v) is 4.39. The van der Waals surface area contributed by atoms with Gasteiger partial charge in [-0.05, 0) is 31.2 Å². The summed E-state index contributed by atoms with van der Waals surface area (Å²) in [6.07, 6.45) is 0. The molecule has 0 saturated carbocycles. The van der Waals surface area contributed by atoms with E-state index in [1.54, 1.807) is 18.2 Å². The predicted octanol–water partition coefficient (Wildman–Crippen LogP) is 5.11. The third-order valence-corrected chi connectivity index (χ3v) is 3.00. The van der Waals surface area contributed by atoms with Crippen molar-refractivity contribution in [2.75, 3.05) is 0 Å². The molecule has 0 bridgehead atoms.